The van der Waals surface area contributed by atoms with Gasteiger partial charge in [0, 0.05) is 35.8 Å². The molecule has 8 nitrogen and oxygen atoms in total. The predicted octanol–water partition coefficient (Wildman–Crippen LogP) is 4.14. The molecule has 1 N–H and O–H groups in total. The molecule has 1 saturated carbocycles. The summed E-state index contributed by atoms with van der Waals surface area (Å²) in [5.74, 6) is 0.341. The molecule has 1 fully saturated rings. The van der Waals surface area contributed by atoms with E-state index in [-0.39, 0.29) is 17.7 Å². The smallest absolute Gasteiger partial charge is 0.294 e. The zero-order valence-electron chi connectivity index (χ0n) is 18.7. The quantitative estimate of drug-likeness (QED) is 0.556. The summed E-state index contributed by atoms with van der Waals surface area (Å²) in [6.45, 7) is 0. The molecule has 2 aromatic heterocycles. The number of amides is 2. The van der Waals surface area contributed by atoms with E-state index in [1.54, 1.807) is 54.9 Å². The van der Waals surface area contributed by atoms with E-state index in [1.807, 2.05) is 0 Å². The number of furan rings is 1. The van der Waals surface area contributed by atoms with Gasteiger partial charge in [0.1, 0.15) is 6.04 Å². The van der Waals surface area contributed by atoms with Gasteiger partial charge >= 0.3 is 0 Å². The number of benzene rings is 1. The largest absolute Gasteiger partial charge is 0.493 e. The van der Waals surface area contributed by atoms with Gasteiger partial charge in [0.25, 0.3) is 5.91 Å². The first-order valence-corrected chi connectivity index (χ1v) is 10.9. The number of ether oxygens (including phenoxy) is 2. The number of carbonyl (C=O) groups is 2. The molecule has 2 amide bonds. The van der Waals surface area contributed by atoms with E-state index in [2.05, 4.69) is 10.3 Å². The zero-order chi connectivity index (χ0) is 23.2. The van der Waals surface area contributed by atoms with Crippen LogP contribution in [0.1, 0.15) is 47.8 Å². The van der Waals surface area contributed by atoms with Crippen molar-refractivity contribution in [1.82, 2.24) is 10.3 Å². The van der Waals surface area contributed by atoms with Gasteiger partial charge in [-0.3, -0.25) is 19.5 Å². The molecule has 0 radical (unpaired) electrons. The molecule has 0 bridgehead atoms. The summed E-state index contributed by atoms with van der Waals surface area (Å²) < 4.78 is 16.2. The van der Waals surface area contributed by atoms with Crippen LogP contribution in [0, 0.1) is 0 Å². The van der Waals surface area contributed by atoms with Crippen molar-refractivity contribution in [2.45, 2.75) is 37.8 Å². The van der Waals surface area contributed by atoms with Gasteiger partial charge in [-0.15, -0.1) is 0 Å². The van der Waals surface area contributed by atoms with Crippen LogP contribution in [0.3, 0.4) is 0 Å². The van der Waals surface area contributed by atoms with E-state index < -0.39 is 11.9 Å². The fourth-order valence-corrected chi connectivity index (χ4v) is 4.18. The number of aromatic nitrogens is 1. The van der Waals surface area contributed by atoms with Crippen LogP contribution in [0.2, 0.25) is 0 Å². The highest BCUT2D eigenvalue weighted by atomic mass is 16.5. The van der Waals surface area contributed by atoms with Crippen molar-refractivity contribution in [3.63, 3.8) is 0 Å². The third-order valence-corrected chi connectivity index (χ3v) is 5.80. The summed E-state index contributed by atoms with van der Waals surface area (Å²) in [6.07, 6.45) is 8.66. The lowest BCUT2D eigenvalue weighted by molar-refractivity contribution is -0.123. The molecule has 2 heterocycles. The molecular weight excluding hydrogens is 422 g/mol. The van der Waals surface area contributed by atoms with Gasteiger partial charge in [-0.1, -0.05) is 18.9 Å². The van der Waals surface area contributed by atoms with Crippen LogP contribution in [-0.2, 0) is 4.79 Å². The first kappa shape index (κ1) is 22.4. The maximum Gasteiger partial charge on any atom is 0.294 e. The van der Waals surface area contributed by atoms with E-state index in [0.29, 0.717) is 22.7 Å². The Morgan fingerprint density at radius 2 is 1.88 bits per heavy atom. The standard InChI is InChI=1S/C25H27N3O5/c1-31-20-12-11-19(15-22(20)32-2)28(25(30)21-10-6-14-33-21)23(17-7-5-13-26-16-17)24(29)27-18-8-3-4-9-18/h5-7,10-16,18,23H,3-4,8-9H2,1-2H3,(H,27,29)/t23-/m0/s1. The summed E-state index contributed by atoms with van der Waals surface area (Å²) in [7, 11) is 3.06. The van der Waals surface area contributed by atoms with E-state index in [9.17, 15) is 9.59 Å². The molecule has 33 heavy (non-hydrogen) atoms. The summed E-state index contributed by atoms with van der Waals surface area (Å²) in [5.41, 5.74) is 1.05. The second-order valence-electron chi connectivity index (χ2n) is 7.87. The number of hydrogen-bond donors (Lipinski definition) is 1. The van der Waals surface area contributed by atoms with Gasteiger partial charge in [-0.25, -0.2) is 0 Å². The summed E-state index contributed by atoms with van der Waals surface area (Å²) in [6, 6.07) is 11.0. The van der Waals surface area contributed by atoms with Crippen molar-refractivity contribution in [3.8, 4) is 11.5 Å². The maximum atomic E-state index is 13.7. The first-order chi connectivity index (χ1) is 16.1. The Labute approximate surface area is 192 Å². The highest BCUT2D eigenvalue weighted by molar-refractivity contribution is 6.08. The van der Waals surface area contributed by atoms with Gasteiger partial charge in [0.05, 0.1) is 20.5 Å². The first-order valence-electron chi connectivity index (χ1n) is 10.9. The molecule has 1 atom stereocenters. The molecular formula is C25H27N3O5. The minimum absolute atomic E-state index is 0.0858. The fraction of sp³-hybridized carbons (Fsp3) is 0.320. The Bertz CT molecular complexity index is 1080. The van der Waals surface area contributed by atoms with Crippen LogP contribution < -0.4 is 19.7 Å². The SMILES string of the molecule is COc1ccc(N(C(=O)c2ccco2)[C@H](C(=O)NC2CCCC2)c2cccnc2)cc1OC. The van der Waals surface area contributed by atoms with Gasteiger partial charge < -0.3 is 19.2 Å². The Morgan fingerprint density at radius 3 is 2.52 bits per heavy atom. The highest BCUT2D eigenvalue weighted by Crippen LogP contribution is 2.36. The zero-order valence-corrected chi connectivity index (χ0v) is 18.7. The van der Waals surface area contributed by atoms with Crippen LogP contribution in [0.4, 0.5) is 5.69 Å². The van der Waals surface area contributed by atoms with E-state index in [1.165, 1.54) is 25.4 Å². The maximum absolute atomic E-state index is 13.7. The third-order valence-electron chi connectivity index (χ3n) is 5.80. The summed E-state index contributed by atoms with van der Waals surface area (Å²) in [4.78, 5) is 32.9. The molecule has 0 spiro atoms. The number of rotatable bonds is 8. The fourth-order valence-electron chi connectivity index (χ4n) is 4.18. The molecule has 0 aliphatic heterocycles. The van der Waals surface area contributed by atoms with Gasteiger partial charge in [0.2, 0.25) is 5.91 Å². The lowest BCUT2D eigenvalue weighted by Crippen LogP contribution is -2.46. The average Bonchev–Trinajstić information content (AvgIpc) is 3.57. The number of nitrogens with one attached hydrogen (secondary N) is 1. The Balaban J connectivity index is 1.82. The van der Waals surface area contributed by atoms with Gasteiger partial charge in [0.15, 0.2) is 17.3 Å². The van der Waals surface area contributed by atoms with Crippen LogP contribution in [0.5, 0.6) is 11.5 Å². The number of anilines is 1. The van der Waals surface area contributed by atoms with E-state index in [4.69, 9.17) is 13.9 Å². The average molecular weight is 450 g/mol. The Morgan fingerprint density at radius 1 is 1.09 bits per heavy atom. The molecule has 0 saturated heterocycles. The third kappa shape index (κ3) is 4.84. The van der Waals surface area contributed by atoms with Gasteiger partial charge in [-0.05, 0) is 43.2 Å². The van der Waals surface area contributed by atoms with Crippen LogP contribution in [-0.4, -0.2) is 37.1 Å². The molecule has 8 heteroatoms. The molecule has 0 unspecified atom stereocenters. The van der Waals surface area contributed by atoms with Crippen molar-refractivity contribution in [2.75, 3.05) is 19.1 Å². The Hall–Kier alpha value is -3.81. The summed E-state index contributed by atoms with van der Waals surface area (Å²) >= 11 is 0. The van der Waals surface area contributed by atoms with Crippen molar-refractivity contribution < 1.29 is 23.5 Å². The van der Waals surface area contributed by atoms with Crippen LogP contribution >= 0.6 is 0 Å². The highest BCUT2D eigenvalue weighted by Gasteiger charge is 2.36. The lowest BCUT2D eigenvalue weighted by Gasteiger charge is -2.32. The van der Waals surface area contributed by atoms with Crippen LogP contribution in [0.15, 0.2) is 65.5 Å². The second-order valence-corrected chi connectivity index (χ2v) is 7.87. The van der Waals surface area contributed by atoms with E-state index >= 15 is 0 Å². The molecule has 172 valence electrons. The van der Waals surface area contributed by atoms with Crippen molar-refractivity contribution in [2.24, 2.45) is 0 Å². The van der Waals surface area contributed by atoms with Crippen molar-refractivity contribution in [1.29, 1.82) is 0 Å². The topological polar surface area (TPSA) is 93.9 Å². The van der Waals surface area contributed by atoms with E-state index in [0.717, 1.165) is 25.7 Å². The van der Waals surface area contributed by atoms with Crippen molar-refractivity contribution in [3.05, 3.63) is 72.4 Å². The predicted molar refractivity (Wildman–Crippen MR) is 122 cm³/mol. The minimum Gasteiger partial charge on any atom is -0.493 e. The van der Waals surface area contributed by atoms with Crippen molar-refractivity contribution >= 4 is 17.5 Å². The molecule has 1 aromatic carbocycles. The molecule has 1 aliphatic carbocycles. The minimum atomic E-state index is -0.963. The monoisotopic (exact) mass is 449 g/mol. The van der Waals surface area contributed by atoms with Gasteiger partial charge in [-0.2, -0.15) is 0 Å². The number of carbonyl (C=O) groups excluding carboxylic acids is 2. The Kier molecular flexibility index (Phi) is 6.92. The second kappa shape index (κ2) is 10.2. The summed E-state index contributed by atoms with van der Waals surface area (Å²) in [5, 5.41) is 3.13. The van der Waals surface area contributed by atoms with Crippen LogP contribution in [0.25, 0.3) is 0 Å². The number of hydrogen-bond acceptors (Lipinski definition) is 6. The number of pyridine rings is 1. The number of nitrogens with zero attached hydrogens (tertiary/aromatic N) is 2. The lowest BCUT2D eigenvalue weighted by atomic mass is 10.0. The molecule has 1 aliphatic rings. The number of methoxy groups -OCH3 is 2. The molecule has 3 aromatic rings. The normalized spacial score (nSPS) is 14.5. The molecule has 4 rings (SSSR count).